The summed E-state index contributed by atoms with van der Waals surface area (Å²) in [6.45, 7) is 0.114. The zero-order chi connectivity index (χ0) is 17.8. The Kier molecular flexibility index (Phi) is 3.20. The van der Waals surface area contributed by atoms with Gasteiger partial charge in [-0.2, -0.15) is 0 Å². The number of benzene rings is 2. The summed E-state index contributed by atoms with van der Waals surface area (Å²) in [7, 11) is 0. The van der Waals surface area contributed by atoms with Gasteiger partial charge in [-0.1, -0.05) is 28.9 Å². The molecule has 3 aliphatic rings. The van der Waals surface area contributed by atoms with E-state index in [1.54, 1.807) is 42.5 Å². The fourth-order valence-corrected chi connectivity index (χ4v) is 3.44. The van der Waals surface area contributed by atoms with Gasteiger partial charge < -0.3 is 14.3 Å². The number of imide groups is 1. The summed E-state index contributed by atoms with van der Waals surface area (Å²) in [6.07, 6.45) is -0.960. The predicted molar refractivity (Wildman–Crippen MR) is 91.4 cm³/mol. The van der Waals surface area contributed by atoms with E-state index in [0.29, 0.717) is 33.5 Å². The quantitative estimate of drug-likeness (QED) is 0.758. The van der Waals surface area contributed by atoms with Crippen LogP contribution < -0.4 is 14.4 Å². The number of halogens is 1. The number of anilines is 1. The van der Waals surface area contributed by atoms with Gasteiger partial charge in [0.25, 0.3) is 5.91 Å². The number of hydrogen-bond donors (Lipinski definition) is 0. The molecule has 2 aromatic carbocycles. The summed E-state index contributed by atoms with van der Waals surface area (Å²) in [4.78, 5) is 32.1. The number of ether oxygens (including phenoxy) is 2. The van der Waals surface area contributed by atoms with E-state index >= 15 is 0 Å². The second-order valence-corrected chi connectivity index (χ2v) is 6.47. The van der Waals surface area contributed by atoms with E-state index < -0.39 is 17.9 Å². The van der Waals surface area contributed by atoms with E-state index in [-0.39, 0.29) is 12.7 Å². The zero-order valence-corrected chi connectivity index (χ0v) is 14.0. The van der Waals surface area contributed by atoms with E-state index in [2.05, 4.69) is 5.16 Å². The zero-order valence-electron chi connectivity index (χ0n) is 13.2. The first-order valence-corrected chi connectivity index (χ1v) is 8.28. The lowest BCUT2D eigenvalue weighted by Gasteiger charge is -2.15. The maximum Gasteiger partial charge on any atom is 0.278 e. The van der Waals surface area contributed by atoms with Crippen LogP contribution >= 0.6 is 11.6 Å². The molecule has 26 heavy (non-hydrogen) atoms. The van der Waals surface area contributed by atoms with Crippen molar-refractivity contribution in [2.75, 3.05) is 11.7 Å². The van der Waals surface area contributed by atoms with Gasteiger partial charge in [0.15, 0.2) is 11.5 Å². The molecule has 0 radical (unpaired) electrons. The molecular formula is C18H11ClN2O5. The number of carbonyl (C=O) groups is 2. The average Bonchev–Trinajstić information content (AvgIpc) is 3.33. The van der Waals surface area contributed by atoms with Gasteiger partial charge in [-0.25, -0.2) is 4.90 Å². The lowest BCUT2D eigenvalue weighted by Crippen LogP contribution is -2.33. The Morgan fingerprint density at radius 1 is 1.00 bits per heavy atom. The topological polar surface area (TPSA) is 77.4 Å². The summed E-state index contributed by atoms with van der Waals surface area (Å²) in [5.74, 6) is -0.550. The number of carbonyl (C=O) groups excluding carboxylic acids is 2. The number of hydrogen-bond acceptors (Lipinski definition) is 6. The van der Waals surface area contributed by atoms with E-state index in [0.717, 1.165) is 4.90 Å². The standard InChI is InChI=1S/C18H11ClN2O5/c19-10-3-1-9(2-4-10)15-14-16(26-20-15)18(23)21(17(14)22)11-5-6-12-13(7-11)25-8-24-12/h1-7,14,16H,8H2/t14-,16-/m0/s1. The molecule has 0 spiro atoms. The van der Waals surface area contributed by atoms with Gasteiger partial charge >= 0.3 is 0 Å². The minimum atomic E-state index is -0.960. The molecule has 0 N–H and O–H groups in total. The Morgan fingerprint density at radius 3 is 2.58 bits per heavy atom. The van der Waals surface area contributed by atoms with Crippen molar-refractivity contribution in [3.8, 4) is 11.5 Å². The molecule has 130 valence electrons. The molecule has 1 fully saturated rings. The molecule has 2 amide bonds. The highest BCUT2D eigenvalue weighted by molar-refractivity contribution is 6.33. The molecule has 0 unspecified atom stereocenters. The van der Waals surface area contributed by atoms with Crippen molar-refractivity contribution in [1.82, 2.24) is 0 Å². The van der Waals surface area contributed by atoms with Crippen molar-refractivity contribution >= 4 is 34.8 Å². The van der Waals surface area contributed by atoms with Crippen LogP contribution in [0, 0.1) is 5.92 Å². The van der Waals surface area contributed by atoms with Crippen LogP contribution in [0.2, 0.25) is 5.02 Å². The number of amides is 2. The van der Waals surface area contributed by atoms with Crippen LogP contribution in [0.4, 0.5) is 5.69 Å². The molecule has 2 aromatic rings. The number of fused-ring (bicyclic) bond motifs is 2. The average molecular weight is 371 g/mol. The van der Waals surface area contributed by atoms with Crippen LogP contribution in [0.15, 0.2) is 47.6 Å². The summed E-state index contributed by atoms with van der Waals surface area (Å²) in [5, 5.41) is 4.54. The van der Waals surface area contributed by atoms with Crippen LogP contribution in [0.5, 0.6) is 11.5 Å². The molecule has 0 aliphatic carbocycles. The normalized spacial score (nSPS) is 23.1. The van der Waals surface area contributed by atoms with Crippen molar-refractivity contribution in [2.24, 2.45) is 11.1 Å². The number of rotatable bonds is 2. The second-order valence-electron chi connectivity index (χ2n) is 6.04. The molecule has 0 bridgehead atoms. The van der Waals surface area contributed by atoms with Gasteiger partial charge in [0.2, 0.25) is 18.8 Å². The number of oxime groups is 1. The van der Waals surface area contributed by atoms with Crippen molar-refractivity contribution in [2.45, 2.75) is 6.10 Å². The Bertz CT molecular complexity index is 972. The minimum absolute atomic E-state index is 0.114. The predicted octanol–water partition coefficient (Wildman–Crippen LogP) is 2.36. The SMILES string of the molecule is O=C1[C@H]2C(c3ccc(Cl)cc3)=NO[C@@H]2C(=O)N1c1ccc2c(c1)OCO2. The molecule has 5 rings (SSSR count). The molecule has 2 atom stereocenters. The molecule has 3 aliphatic heterocycles. The Hall–Kier alpha value is -3.06. The van der Waals surface area contributed by atoms with Crippen LogP contribution in [0.25, 0.3) is 0 Å². The van der Waals surface area contributed by atoms with Gasteiger partial charge in [-0.3, -0.25) is 9.59 Å². The van der Waals surface area contributed by atoms with E-state index in [4.69, 9.17) is 25.9 Å². The summed E-state index contributed by atoms with van der Waals surface area (Å²) in [6, 6.07) is 11.8. The third-order valence-corrected chi connectivity index (χ3v) is 4.82. The van der Waals surface area contributed by atoms with Crippen molar-refractivity contribution in [1.29, 1.82) is 0 Å². The Morgan fingerprint density at radius 2 is 1.77 bits per heavy atom. The minimum Gasteiger partial charge on any atom is -0.454 e. The van der Waals surface area contributed by atoms with Crippen molar-refractivity contribution in [3.63, 3.8) is 0 Å². The lowest BCUT2D eigenvalue weighted by molar-refractivity contribution is -0.126. The van der Waals surface area contributed by atoms with Gasteiger partial charge in [0.1, 0.15) is 11.6 Å². The van der Waals surface area contributed by atoms with Gasteiger partial charge in [-0.05, 0) is 24.3 Å². The molecule has 7 nitrogen and oxygen atoms in total. The third kappa shape index (κ3) is 2.10. The van der Waals surface area contributed by atoms with E-state index in [9.17, 15) is 9.59 Å². The fourth-order valence-electron chi connectivity index (χ4n) is 3.32. The summed E-state index contributed by atoms with van der Waals surface area (Å²) in [5.41, 5.74) is 1.53. The maximum absolute atomic E-state index is 13.0. The van der Waals surface area contributed by atoms with E-state index in [1.807, 2.05) is 0 Å². The molecular weight excluding hydrogens is 360 g/mol. The fraction of sp³-hybridized carbons (Fsp3) is 0.167. The summed E-state index contributed by atoms with van der Waals surface area (Å²) < 4.78 is 10.6. The maximum atomic E-state index is 13.0. The van der Waals surface area contributed by atoms with Gasteiger partial charge in [-0.15, -0.1) is 0 Å². The van der Waals surface area contributed by atoms with Gasteiger partial charge in [0.05, 0.1) is 5.69 Å². The second kappa shape index (κ2) is 5.47. The first-order valence-electron chi connectivity index (χ1n) is 7.90. The molecule has 8 heteroatoms. The highest BCUT2D eigenvalue weighted by atomic mass is 35.5. The lowest BCUT2D eigenvalue weighted by atomic mass is 9.94. The van der Waals surface area contributed by atoms with E-state index in [1.165, 1.54) is 0 Å². The monoisotopic (exact) mass is 370 g/mol. The highest BCUT2D eigenvalue weighted by Gasteiger charge is 2.56. The third-order valence-electron chi connectivity index (χ3n) is 4.57. The largest absolute Gasteiger partial charge is 0.454 e. The molecule has 1 saturated heterocycles. The molecule has 0 aromatic heterocycles. The van der Waals surface area contributed by atoms with Crippen LogP contribution in [0.3, 0.4) is 0 Å². The van der Waals surface area contributed by atoms with Gasteiger partial charge in [0, 0.05) is 16.7 Å². The Balaban J connectivity index is 1.50. The molecule has 0 saturated carbocycles. The van der Waals surface area contributed by atoms with Crippen molar-refractivity contribution < 1.29 is 23.9 Å². The smallest absolute Gasteiger partial charge is 0.278 e. The van der Waals surface area contributed by atoms with Crippen molar-refractivity contribution in [3.05, 3.63) is 53.1 Å². The van der Waals surface area contributed by atoms with Crippen LogP contribution in [-0.2, 0) is 14.4 Å². The van der Waals surface area contributed by atoms with Crippen LogP contribution in [-0.4, -0.2) is 30.4 Å². The first-order chi connectivity index (χ1) is 12.6. The Labute approximate surface area is 152 Å². The summed E-state index contributed by atoms with van der Waals surface area (Å²) >= 11 is 5.91. The van der Waals surface area contributed by atoms with Crippen LogP contribution in [0.1, 0.15) is 5.56 Å². The first kappa shape index (κ1) is 15.2. The number of nitrogens with zero attached hydrogens (tertiary/aromatic N) is 2. The molecule has 3 heterocycles. The highest BCUT2D eigenvalue weighted by Crippen LogP contribution is 2.40.